The van der Waals surface area contributed by atoms with Crippen LogP contribution in [0.25, 0.3) is 0 Å². The van der Waals surface area contributed by atoms with Crippen LogP contribution >= 0.6 is 0 Å². The summed E-state index contributed by atoms with van der Waals surface area (Å²) in [5.41, 5.74) is 1.23. The molecule has 0 atom stereocenters. The Hall–Kier alpha value is -1.64. The summed E-state index contributed by atoms with van der Waals surface area (Å²) in [7, 11) is 1.26. The van der Waals surface area contributed by atoms with E-state index >= 15 is 0 Å². The lowest BCUT2D eigenvalue weighted by Gasteiger charge is -2.22. The Balaban J connectivity index is 2.32. The molecule has 140 valence electrons. The van der Waals surface area contributed by atoms with E-state index in [1.165, 1.54) is 20.2 Å². The van der Waals surface area contributed by atoms with Crippen molar-refractivity contribution in [1.82, 2.24) is 14.9 Å². The minimum Gasteiger partial charge on any atom is -0.371 e. The van der Waals surface area contributed by atoms with Gasteiger partial charge < -0.3 is 15.5 Å². The van der Waals surface area contributed by atoms with Gasteiger partial charge in [0, 0.05) is 39.4 Å². The molecule has 1 aromatic carbocycles. The van der Waals surface area contributed by atoms with Gasteiger partial charge in [0.05, 0.1) is 10.5 Å². The minimum absolute atomic E-state index is 0.140. The van der Waals surface area contributed by atoms with Crippen LogP contribution in [0.5, 0.6) is 0 Å². The Kier molecular flexibility index (Phi) is 6.80. The van der Waals surface area contributed by atoms with Gasteiger partial charge in [0.2, 0.25) is 10.0 Å². The highest BCUT2D eigenvalue weighted by Gasteiger charge is 2.24. The van der Waals surface area contributed by atoms with Gasteiger partial charge in [-0.2, -0.15) is 0 Å². The zero-order valence-electron chi connectivity index (χ0n) is 15.2. The average Bonchev–Trinajstić information content (AvgIpc) is 3.12. The summed E-state index contributed by atoms with van der Waals surface area (Å²) in [5.74, 6) is -0.228. The summed E-state index contributed by atoms with van der Waals surface area (Å²) < 4.78 is 26.0. The quantitative estimate of drug-likeness (QED) is 0.666. The third kappa shape index (κ3) is 4.71. The van der Waals surface area contributed by atoms with Crippen LogP contribution in [0.3, 0.4) is 0 Å². The van der Waals surface area contributed by atoms with E-state index in [2.05, 4.69) is 15.5 Å². The average molecular weight is 369 g/mol. The summed E-state index contributed by atoms with van der Waals surface area (Å²) >= 11 is 0. The molecule has 0 saturated carbocycles. The van der Waals surface area contributed by atoms with Crippen molar-refractivity contribution in [2.45, 2.75) is 24.2 Å². The summed E-state index contributed by atoms with van der Waals surface area (Å²) in [4.78, 5) is 15.0. The number of hydrogen-bond acceptors (Lipinski definition) is 5. The van der Waals surface area contributed by atoms with Crippen LogP contribution in [-0.4, -0.2) is 66.0 Å². The van der Waals surface area contributed by atoms with Gasteiger partial charge in [0.15, 0.2) is 0 Å². The highest BCUT2D eigenvalue weighted by atomic mass is 32.2. The lowest BCUT2D eigenvalue weighted by molar-refractivity contribution is 0.0953. The molecule has 1 fully saturated rings. The van der Waals surface area contributed by atoms with Crippen molar-refractivity contribution in [2.24, 2.45) is 0 Å². The number of nitrogens with zero attached hydrogens (tertiary/aromatic N) is 2. The highest BCUT2D eigenvalue weighted by Crippen LogP contribution is 2.28. The molecule has 1 amide bonds. The predicted octanol–water partition coefficient (Wildman–Crippen LogP) is 0.876. The number of rotatable bonds is 8. The van der Waals surface area contributed by atoms with Gasteiger partial charge in [0.1, 0.15) is 0 Å². The van der Waals surface area contributed by atoms with Crippen LogP contribution in [0.15, 0.2) is 23.1 Å². The molecule has 1 saturated heterocycles. The zero-order chi connectivity index (χ0) is 18.4. The van der Waals surface area contributed by atoms with Gasteiger partial charge in [-0.05, 0) is 51.1 Å². The van der Waals surface area contributed by atoms with Crippen molar-refractivity contribution in [3.63, 3.8) is 0 Å². The fraction of sp³-hybridized carbons (Fsp3) is 0.588. The second-order valence-corrected chi connectivity index (χ2v) is 8.53. The van der Waals surface area contributed by atoms with E-state index in [-0.39, 0.29) is 10.8 Å². The first-order valence-electron chi connectivity index (χ1n) is 8.62. The van der Waals surface area contributed by atoms with Gasteiger partial charge in [-0.1, -0.05) is 0 Å². The third-order valence-electron chi connectivity index (χ3n) is 4.33. The first kappa shape index (κ1) is 19.7. The molecule has 0 unspecified atom stereocenters. The van der Waals surface area contributed by atoms with Crippen molar-refractivity contribution in [1.29, 1.82) is 0 Å². The minimum atomic E-state index is -3.58. The molecule has 1 aromatic rings. The summed E-state index contributed by atoms with van der Waals surface area (Å²) in [6.07, 6.45) is 2.99. The maximum Gasteiger partial charge on any atom is 0.253 e. The third-order valence-corrected chi connectivity index (χ3v) is 6.14. The van der Waals surface area contributed by atoms with E-state index in [1.807, 2.05) is 7.05 Å². The molecule has 0 bridgehead atoms. The van der Waals surface area contributed by atoms with E-state index in [1.54, 1.807) is 12.1 Å². The number of sulfonamides is 1. The fourth-order valence-corrected chi connectivity index (χ4v) is 3.79. The largest absolute Gasteiger partial charge is 0.371 e. The molecule has 7 nitrogen and oxygen atoms in total. The summed E-state index contributed by atoms with van der Waals surface area (Å²) in [6.45, 7) is 3.14. The molecule has 8 heteroatoms. The monoisotopic (exact) mass is 368 g/mol. The van der Waals surface area contributed by atoms with Crippen molar-refractivity contribution in [2.75, 3.05) is 52.2 Å². The topological polar surface area (TPSA) is 81.7 Å². The number of anilines is 1. The summed E-state index contributed by atoms with van der Waals surface area (Å²) in [6, 6.07) is 4.83. The van der Waals surface area contributed by atoms with E-state index < -0.39 is 10.0 Å². The second kappa shape index (κ2) is 8.64. The van der Waals surface area contributed by atoms with Gasteiger partial charge in [-0.15, -0.1) is 0 Å². The first-order chi connectivity index (χ1) is 11.9. The second-order valence-electron chi connectivity index (χ2n) is 6.37. The van der Waals surface area contributed by atoms with Crippen LogP contribution in [-0.2, 0) is 10.0 Å². The van der Waals surface area contributed by atoms with Gasteiger partial charge in [-0.3, -0.25) is 4.79 Å². The van der Waals surface area contributed by atoms with Crippen LogP contribution in [0.1, 0.15) is 29.6 Å². The van der Waals surface area contributed by atoms with Crippen LogP contribution in [0.2, 0.25) is 0 Å². The van der Waals surface area contributed by atoms with Gasteiger partial charge in [0.25, 0.3) is 5.91 Å². The molecule has 1 aliphatic rings. The normalized spacial score (nSPS) is 15.0. The van der Waals surface area contributed by atoms with Crippen molar-refractivity contribution in [3.05, 3.63) is 23.8 Å². The number of amides is 1. The van der Waals surface area contributed by atoms with Gasteiger partial charge >= 0.3 is 0 Å². The van der Waals surface area contributed by atoms with E-state index in [0.717, 1.165) is 48.9 Å². The molecule has 2 rings (SSSR count). The smallest absolute Gasteiger partial charge is 0.253 e. The molecular weight excluding hydrogens is 340 g/mol. The Labute approximate surface area is 150 Å². The number of benzene rings is 1. The number of hydrogen-bond donors (Lipinski definition) is 2. The van der Waals surface area contributed by atoms with Crippen LogP contribution in [0, 0.1) is 0 Å². The molecule has 25 heavy (non-hydrogen) atoms. The molecule has 2 N–H and O–H groups in total. The van der Waals surface area contributed by atoms with E-state index in [0.29, 0.717) is 12.1 Å². The maximum atomic E-state index is 12.7. The van der Waals surface area contributed by atoms with Gasteiger partial charge in [-0.25, -0.2) is 12.7 Å². The van der Waals surface area contributed by atoms with Crippen LogP contribution in [0.4, 0.5) is 5.69 Å². The molecule has 0 radical (unpaired) electrons. The van der Waals surface area contributed by atoms with E-state index in [4.69, 9.17) is 0 Å². The standard InChI is InChI=1S/C17H28N4O3S/c1-18-9-6-10-19-17(22)15-13-14(25(23,24)20(2)3)7-8-16(15)21-11-4-5-12-21/h7-8,13,18H,4-6,9-12H2,1-3H3,(H,19,22). The first-order valence-corrected chi connectivity index (χ1v) is 10.1. The Morgan fingerprint density at radius 1 is 1.20 bits per heavy atom. The Morgan fingerprint density at radius 3 is 2.48 bits per heavy atom. The Morgan fingerprint density at radius 2 is 1.88 bits per heavy atom. The highest BCUT2D eigenvalue weighted by molar-refractivity contribution is 7.89. The molecular formula is C17H28N4O3S. The number of nitrogens with one attached hydrogen (secondary N) is 2. The van der Waals surface area contributed by atoms with Crippen LogP contribution < -0.4 is 15.5 Å². The molecule has 0 aliphatic carbocycles. The maximum absolute atomic E-state index is 12.7. The van der Waals surface area contributed by atoms with Crippen molar-refractivity contribution < 1.29 is 13.2 Å². The zero-order valence-corrected chi connectivity index (χ0v) is 16.0. The summed E-state index contributed by atoms with van der Waals surface area (Å²) in [5, 5.41) is 5.93. The molecule has 0 spiro atoms. The number of carbonyl (C=O) groups excluding carboxylic acids is 1. The molecule has 1 heterocycles. The molecule has 0 aromatic heterocycles. The predicted molar refractivity (Wildman–Crippen MR) is 99.6 cm³/mol. The van der Waals surface area contributed by atoms with E-state index in [9.17, 15) is 13.2 Å². The molecule has 1 aliphatic heterocycles. The lowest BCUT2D eigenvalue weighted by atomic mass is 10.1. The lowest BCUT2D eigenvalue weighted by Crippen LogP contribution is -2.30. The SMILES string of the molecule is CNCCCNC(=O)c1cc(S(=O)(=O)N(C)C)ccc1N1CCCC1. The van der Waals surface area contributed by atoms with Crippen molar-refractivity contribution in [3.8, 4) is 0 Å². The fourth-order valence-electron chi connectivity index (χ4n) is 2.86. The number of carbonyl (C=O) groups is 1. The Bertz CT molecular complexity index is 698. The van der Waals surface area contributed by atoms with Crippen molar-refractivity contribution >= 4 is 21.6 Å².